The summed E-state index contributed by atoms with van der Waals surface area (Å²) in [5.41, 5.74) is 4.40. The molecule has 0 radical (unpaired) electrons. The monoisotopic (exact) mass is 246 g/mol. The summed E-state index contributed by atoms with van der Waals surface area (Å²) in [4.78, 5) is 2.32. The fourth-order valence-electron chi connectivity index (χ4n) is 2.63. The number of rotatable bonds is 1. The summed E-state index contributed by atoms with van der Waals surface area (Å²) in [6, 6.07) is 6.53. The summed E-state index contributed by atoms with van der Waals surface area (Å²) < 4.78 is 0. The first-order chi connectivity index (χ1) is 8.00. The Balaban J connectivity index is 2.67. The Morgan fingerprint density at radius 3 is 2.76 bits per heavy atom. The van der Waals surface area contributed by atoms with Crippen LogP contribution in [0.4, 0.5) is 0 Å². The van der Waals surface area contributed by atoms with Crippen LogP contribution in [0.1, 0.15) is 36.1 Å². The first-order valence-corrected chi connectivity index (χ1v) is 6.52. The number of nitriles is 1. The second kappa shape index (κ2) is 4.36. The first-order valence-electron chi connectivity index (χ1n) is 5.89. The molecule has 0 aromatic heterocycles. The molecule has 0 spiro atoms. The molecule has 0 saturated carbocycles. The van der Waals surface area contributed by atoms with Crippen molar-refractivity contribution in [1.29, 1.82) is 5.26 Å². The third-order valence-electron chi connectivity index (χ3n) is 3.87. The molecule has 0 bridgehead atoms. The molecule has 0 N–H and O–H groups in total. The van der Waals surface area contributed by atoms with Gasteiger partial charge in [0.2, 0.25) is 0 Å². The van der Waals surface area contributed by atoms with Crippen LogP contribution in [0.5, 0.6) is 0 Å². The molecule has 17 heavy (non-hydrogen) atoms. The van der Waals surface area contributed by atoms with E-state index in [1.165, 1.54) is 11.1 Å². The van der Waals surface area contributed by atoms with Gasteiger partial charge in [0.25, 0.3) is 0 Å². The van der Waals surface area contributed by atoms with Crippen LogP contribution in [-0.2, 0) is 17.7 Å². The average molecular weight is 246 g/mol. The van der Waals surface area contributed by atoms with E-state index in [1.807, 2.05) is 6.07 Å². The second-order valence-electron chi connectivity index (χ2n) is 5.18. The summed E-state index contributed by atoms with van der Waals surface area (Å²) in [5.74, 6) is 0.693. The van der Waals surface area contributed by atoms with Gasteiger partial charge in [-0.1, -0.05) is 6.07 Å². The number of hydrogen-bond acceptors (Lipinski definition) is 3. The molecule has 2 rings (SSSR count). The Bertz CT molecular complexity index is 486. The summed E-state index contributed by atoms with van der Waals surface area (Å²) >= 11 is 4.31. The van der Waals surface area contributed by atoms with E-state index < -0.39 is 0 Å². The minimum absolute atomic E-state index is 0.0617. The van der Waals surface area contributed by atoms with Gasteiger partial charge in [0, 0.05) is 17.8 Å². The molecule has 1 aromatic rings. The number of benzene rings is 1. The van der Waals surface area contributed by atoms with Gasteiger partial charge in [0.15, 0.2) is 0 Å². The fraction of sp³-hybridized carbons (Fsp3) is 0.500. The van der Waals surface area contributed by atoms with Crippen molar-refractivity contribution < 1.29 is 0 Å². The summed E-state index contributed by atoms with van der Waals surface area (Å²) in [7, 11) is 2.12. The van der Waals surface area contributed by atoms with E-state index in [-0.39, 0.29) is 5.54 Å². The molecule has 0 saturated heterocycles. The Kier molecular flexibility index (Phi) is 3.20. The minimum atomic E-state index is -0.0617. The van der Waals surface area contributed by atoms with Gasteiger partial charge in [-0.2, -0.15) is 17.9 Å². The van der Waals surface area contributed by atoms with Gasteiger partial charge in [-0.15, -0.1) is 0 Å². The molecular formula is C14H18N2S. The molecule has 0 fully saturated rings. The maximum absolute atomic E-state index is 9.34. The molecule has 1 aliphatic rings. The second-order valence-corrected chi connectivity index (χ2v) is 5.49. The highest BCUT2D eigenvalue weighted by Crippen LogP contribution is 2.37. The Labute approximate surface area is 109 Å². The van der Waals surface area contributed by atoms with E-state index in [0.29, 0.717) is 5.75 Å². The van der Waals surface area contributed by atoms with Crippen molar-refractivity contribution >= 4 is 12.6 Å². The predicted octanol–water partition coefficient (Wildman–Crippen LogP) is 2.71. The maximum Gasteiger partial charge on any atom is 0.0995 e. The quantitative estimate of drug-likeness (QED) is 0.771. The van der Waals surface area contributed by atoms with Gasteiger partial charge in [-0.3, -0.25) is 4.90 Å². The molecule has 0 unspecified atom stereocenters. The number of likely N-dealkylation sites (N-methyl/N-ethyl adjacent to an activating group) is 1. The zero-order valence-corrected chi connectivity index (χ0v) is 11.5. The molecule has 1 aliphatic heterocycles. The Morgan fingerprint density at radius 2 is 2.18 bits per heavy atom. The molecule has 0 atom stereocenters. The minimum Gasteiger partial charge on any atom is -0.297 e. The van der Waals surface area contributed by atoms with Gasteiger partial charge in [-0.25, -0.2) is 0 Å². The van der Waals surface area contributed by atoms with Gasteiger partial charge >= 0.3 is 0 Å². The zero-order chi connectivity index (χ0) is 12.6. The third-order valence-corrected chi connectivity index (χ3v) is 4.23. The standard InChI is InChI=1S/C14H18N2S/c1-14(2)13-11(4-5-16(14)3)6-10(9-17)7-12(13)8-15/h6-7,17H,4-5,9H2,1-3H3. The largest absolute Gasteiger partial charge is 0.297 e. The highest BCUT2D eigenvalue weighted by molar-refractivity contribution is 7.79. The lowest BCUT2D eigenvalue weighted by atomic mass is 9.80. The van der Waals surface area contributed by atoms with Crippen LogP contribution >= 0.6 is 12.6 Å². The molecule has 3 heteroatoms. The van der Waals surface area contributed by atoms with Crippen LogP contribution in [0.15, 0.2) is 12.1 Å². The van der Waals surface area contributed by atoms with Crippen molar-refractivity contribution in [1.82, 2.24) is 4.90 Å². The summed E-state index contributed by atoms with van der Waals surface area (Å²) in [5, 5.41) is 9.34. The average Bonchev–Trinajstić information content (AvgIpc) is 2.32. The highest BCUT2D eigenvalue weighted by atomic mass is 32.1. The number of thiol groups is 1. The van der Waals surface area contributed by atoms with E-state index in [2.05, 4.69) is 50.6 Å². The lowest BCUT2D eigenvalue weighted by molar-refractivity contribution is 0.143. The normalized spacial score (nSPS) is 18.5. The lowest BCUT2D eigenvalue weighted by Crippen LogP contribution is -2.44. The zero-order valence-electron chi connectivity index (χ0n) is 10.6. The van der Waals surface area contributed by atoms with Crippen molar-refractivity contribution in [2.75, 3.05) is 13.6 Å². The maximum atomic E-state index is 9.34. The molecular weight excluding hydrogens is 228 g/mol. The molecule has 90 valence electrons. The Morgan fingerprint density at radius 1 is 1.47 bits per heavy atom. The van der Waals surface area contributed by atoms with Crippen LogP contribution in [0.25, 0.3) is 0 Å². The van der Waals surface area contributed by atoms with Crippen LogP contribution in [0.2, 0.25) is 0 Å². The molecule has 0 aliphatic carbocycles. The lowest BCUT2D eigenvalue weighted by Gasteiger charge is -2.42. The van der Waals surface area contributed by atoms with Crippen LogP contribution in [0, 0.1) is 11.3 Å². The smallest absolute Gasteiger partial charge is 0.0995 e. The van der Waals surface area contributed by atoms with Crippen molar-refractivity contribution in [3.63, 3.8) is 0 Å². The van der Waals surface area contributed by atoms with Crippen LogP contribution < -0.4 is 0 Å². The van der Waals surface area contributed by atoms with Crippen molar-refractivity contribution in [3.8, 4) is 6.07 Å². The third kappa shape index (κ3) is 1.96. The van der Waals surface area contributed by atoms with Crippen LogP contribution in [-0.4, -0.2) is 18.5 Å². The SMILES string of the molecule is CN1CCc2cc(CS)cc(C#N)c2C1(C)C. The predicted molar refractivity (Wildman–Crippen MR) is 73.2 cm³/mol. The van der Waals surface area contributed by atoms with E-state index in [9.17, 15) is 5.26 Å². The van der Waals surface area contributed by atoms with Gasteiger partial charge < -0.3 is 0 Å². The van der Waals surface area contributed by atoms with Crippen molar-refractivity contribution in [2.24, 2.45) is 0 Å². The number of hydrogen-bond donors (Lipinski definition) is 1. The van der Waals surface area contributed by atoms with Gasteiger partial charge in [-0.05, 0) is 50.1 Å². The van der Waals surface area contributed by atoms with E-state index in [4.69, 9.17) is 0 Å². The molecule has 2 nitrogen and oxygen atoms in total. The number of nitrogens with zero attached hydrogens (tertiary/aromatic N) is 2. The molecule has 0 amide bonds. The van der Waals surface area contributed by atoms with E-state index in [0.717, 1.165) is 24.1 Å². The van der Waals surface area contributed by atoms with Gasteiger partial charge in [0.05, 0.1) is 11.6 Å². The van der Waals surface area contributed by atoms with Crippen LogP contribution in [0.3, 0.4) is 0 Å². The summed E-state index contributed by atoms with van der Waals surface area (Å²) in [6.07, 6.45) is 1.02. The molecule has 1 aromatic carbocycles. The van der Waals surface area contributed by atoms with Crippen molar-refractivity contribution in [3.05, 3.63) is 34.4 Å². The van der Waals surface area contributed by atoms with Gasteiger partial charge in [0.1, 0.15) is 0 Å². The fourth-order valence-corrected chi connectivity index (χ4v) is 2.81. The highest BCUT2D eigenvalue weighted by Gasteiger charge is 2.34. The topological polar surface area (TPSA) is 27.0 Å². The van der Waals surface area contributed by atoms with Crippen molar-refractivity contribution in [2.45, 2.75) is 31.6 Å². The molecule has 1 heterocycles. The van der Waals surface area contributed by atoms with E-state index >= 15 is 0 Å². The first kappa shape index (κ1) is 12.5. The summed E-state index contributed by atoms with van der Waals surface area (Å²) in [6.45, 7) is 5.42. The number of fused-ring (bicyclic) bond motifs is 1. The Hall–Kier alpha value is -0.980. The van der Waals surface area contributed by atoms with E-state index in [1.54, 1.807) is 0 Å².